The normalized spacial score (nSPS) is 10.8. The van der Waals surface area contributed by atoms with Crippen LogP contribution in [0.5, 0.6) is 0 Å². The number of carbonyl (C=O) groups excluding carboxylic acids is 3. The zero-order valence-corrected chi connectivity index (χ0v) is 12.3. The van der Waals surface area contributed by atoms with Gasteiger partial charge < -0.3 is 5.32 Å². The molecule has 0 aromatic heterocycles. The molecule has 0 bridgehead atoms. The molecule has 0 spiro atoms. The smallest absolute Gasteiger partial charge is 0.257 e. The fourth-order valence-corrected chi connectivity index (χ4v) is 2.23. The van der Waals surface area contributed by atoms with Gasteiger partial charge in [0.15, 0.2) is 0 Å². The van der Waals surface area contributed by atoms with Crippen LogP contribution in [0.25, 0.3) is 0 Å². The standard InChI is InChI=1S/C12H15N3O5S/c1-8(16)7-12(18)14-15-21(19,20)11-5-3-10(4-6-11)13-9(2)17/h3-6,15H,7H2,1-2H3,(H,13,17)(H,14,18). The highest BCUT2D eigenvalue weighted by Crippen LogP contribution is 2.13. The van der Waals surface area contributed by atoms with Gasteiger partial charge in [0.1, 0.15) is 5.78 Å². The maximum atomic E-state index is 11.9. The van der Waals surface area contributed by atoms with Gasteiger partial charge in [-0.1, -0.05) is 0 Å². The molecule has 0 radical (unpaired) electrons. The summed E-state index contributed by atoms with van der Waals surface area (Å²) in [7, 11) is -3.94. The van der Waals surface area contributed by atoms with Gasteiger partial charge in [0.05, 0.1) is 11.3 Å². The number of hydrazine groups is 1. The van der Waals surface area contributed by atoms with Crippen LogP contribution in [0.2, 0.25) is 0 Å². The zero-order valence-electron chi connectivity index (χ0n) is 11.5. The van der Waals surface area contributed by atoms with Crippen molar-refractivity contribution in [2.45, 2.75) is 25.2 Å². The minimum absolute atomic E-state index is 0.0975. The first-order valence-corrected chi connectivity index (χ1v) is 7.37. The third-order valence-electron chi connectivity index (χ3n) is 2.22. The number of rotatable bonds is 6. The number of ketones is 1. The lowest BCUT2D eigenvalue weighted by atomic mass is 10.3. The lowest BCUT2D eigenvalue weighted by molar-refractivity contribution is -0.127. The van der Waals surface area contributed by atoms with Crippen molar-refractivity contribution in [3.05, 3.63) is 24.3 Å². The van der Waals surface area contributed by atoms with Crippen molar-refractivity contribution >= 4 is 33.3 Å². The fourth-order valence-electron chi connectivity index (χ4n) is 1.37. The van der Waals surface area contributed by atoms with E-state index in [1.165, 1.54) is 38.1 Å². The van der Waals surface area contributed by atoms with Crippen LogP contribution in [-0.4, -0.2) is 26.0 Å². The molecule has 0 atom stereocenters. The van der Waals surface area contributed by atoms with Crippen molar-refractivity contribution in [1.82, 2.24) is 10.3 Å². The fraction of sp³-hybridized carbons (Fsp3) is 0.250. The summed E-state index contributed by atoms with van der Waals surface area (Å²) in [6.45, 7) is 2.55. The molecule has 0 fully saturated rings. The van der Waals surface area contributed by atoms with E-state index in [0.717, 1.165) is 0 Å². The minimum atomic E-state index is -3.94. The van der Waals surface area contributed by atoms with Crippen molar-refractivity contribution in [3.8, 4) is 0 Å². The van der Waals surface area contributed by atoms with E-state index in [1.807, 2.05) is 10.3 Å². The summed E-state index contributed by atoms with van der Waals surface area (Å²) >= 11 is 0. The average Bonchev–Trinajstić information content (AvgIpc) is 2.36. The van der Waals surface area contributed by atoms with E-state index in [4.69, 9.17) is 0 Å². The molecule has 8 nitrogen and oxygen atoms in total. The van der Waals surface area contributed by atoms with Crippen LogP contribution in [0.4, 0.5) is 5.69 Å². The first kappa shape index (κ1) is 16.8. The second-order valence-corrected chi connectivity index (χ2v) is 5.92. The molecule has 0 aliphatic heterocycles. The van der Waals surface area contributed by atoms with Gasteiger partial charge in [-0.3, -0.25) is 19.8 Å². The molecule has 21 heavy (non-hydrogen) atoms. The molecule has 0 saturated carbocycles. The Balaban J connectivity index is 2.72. The molecule has 9 heteroatoms. The Morgan fingerprint density at radius 1 is 1.05 bits per heavy atom. The Labute approximate surface area is 121 Å². The topological polar surface area (TPSA) is 121 Å². The maximum Gasteiger partial charge on any atom is 0.257 e. The molecule has 0 aliphatic carbocycles. The largest absolute Gasteiger partial charge is 0.326 e. The van der Waals surface area contributed by atoms with E-state index in [1.54, 1.807) is 0 Å². The summed E-state index contributed by atoms with van der Waals surface area (Å²) in [4.78, 5) is 34.5. The van der Waals surface area contributed by atoms with Crippen LogP contribution in [0.3, 0.4) is 0 Å². The summed E-state index contributed by atoms with van der Waals surface area (Å²) in [5.74, 6) is -1.41. The van der Waals surface area contributed by atoms with Gasteiger partial charge in [0, 0.05) is 12.6 Å². The predicted octanol–water partition coefficient (Wildman–Crippen LogP) is -0.0664. The van der Waals surface area contributed by atoms with Crippen molar-refractivity contribution in [1.29, 1.82) is 0 Å². The number of hydrogen-bond donors (Lipinski definition) is 3. The van der Waals surface area contributed by atoms with Gasteiger partial charge in [-0.15, -0.1) is 4.83 Å². The maximum absolute atomic E-state index is 11.9. The van der Waals surface area contributed by atoms with Crippen molar-refractivity contribution in [2.75, 3.05) is 5.32 Å². The lowest BCUT2D eigenvalue weighted by Crippen LogP contribution is -2.42. The molecule has 114 valence electrons. The second kappa shape index (κ2) is 6.95. The summed E-state index contributed by atoms with van der Waals surface area (Å²) in [6, 6.07) is 5.36. The van der Waals surface area contributed by atoms with Gasteiger partial charge >= 0.3 is 0 Å². The van der Waals surface area contributed by atoms with E-state index in [0.29, 0.717) is 5.69 Å². The Bertz CT molecular complexity index is 652. The number of benzene rings is 1. The Hall–Kier alpha value is -2.26. The van der Waals surface area contributed by atoms with E-state index < -0.39 is 22.4 Å². The summed E-state index contributed by atoms with van der Waals surface area (Å²) in [5.41, 5.74) is 2.38. The van der Waals surface area contributed by atoms with E-state index >= 15 is 0 Å². The Kier molecular flexibility index (Phi) is 5.56. The van der Waals surface area contributed by atoms with Crippen LogP contribution < -0.4 is 15.6 Å². The number of amides is 2. The molecule has 1 aromatic rings. The zero-order chi connectivity index (χ0) is 16.0. The molecule has 0 aliphatic rings. The number of Topliss-reactive ketones (excluding diaryl/α,β-unsaturated/α-hetero) is 1. The van der Waals surface area contributed by atoms with E-state index in [-0.39, 0.29) is 16.6 Å². The molecule has 0 saturated heterocycles. The van der Waals surface area contributed by atoms with Crippen LogP contribution in [0.15, 0.2) is 29.2 Å². The number of nitrogens with one attached hydrogen (secondary N) is 3. The van der Waals surface area contributed by atoms with Crippen LogP contribution in [0, 0.1) is 0 Å². The second-order valence-electron chi connectivity index (χ2n) is 4.24. The highest BCUT2D eigenvalue weighted by atomic mass is 32.2. The van der Waals surface area contributed by atoms with Gasteiger partial charge in [-0.25, -0.2) is 8.42 Å². The van der Waals surface area contributed by atoms with Gasteiger partial charge in [0.25, 0.3) is 10.0 Å². The average molecular weight is 313 g/mol. The number of sulfonamides is 1. The highest BCUT2D eigenvalue weighted by Gasteiger charge is 2.15. The predicted molar refractivity (Wildman–Crippen MR) is 74.5 cm³/mol. The molecule has 1 aromatic carbocycles. The van der Waals surface area contributed by atoms with E-state index in [9.17, 15) is 22.8 Å². The van der Waals surface area contributed by atoms with Crippen molar-refractivity contribution in [2.24, 2.45) is 0 Å². The Morgan fingerprint density at radius 2 is 1.62 bits per heavy atom. The lowest BCUT2D eigenvalue weighted by Gasteiger charge is -2.08. The SMILES string of the molecule is CC(=O)CC(=O)NNS(=O)(=O)c1ccc(NC(C)=O)cc1. The first-order valence-electron chi connectivity index (χ1n) is 5.88. The molecular weight excluding hydrogens is 298 g/mol. The summed E-state index contributed by atoms with van der Waals surface area (Å²) in [5, 5.41) is 2.49. The molecule has 1 rings (SSSR count). The molecule has 0 unspecified atom stereocenters. The highest BCUT2D eigenvalue weighted by molar-refractivity contribution is 7.89. The molecule has 2 amide bonds. The third kappa shape index (κ3) is 5.71. The number of carbonyl (C=O) groups is 3. The molecule has 0 heterocycles. The third-order valence-corrected chi connectivity index (χ3v) is 3.48. The molecule has 3 N–H and O–H groups in total. The number of hydrogen-bond acceptors (Lipinski definition) is 5. The number of anilines is 1. The van der Waals surface area contributed by atoms with Gasteiger partial charge in [-0.05, 0) is 31.2 Å². The Morgan fingerprint density at radius 3 is 2.10 bits per heavy atom. The monoisotopic (exact) mass is 313 g/mol. The van der Waals surface area contributed by atoms with Gasteiger partial charge in [-0.2, -0.15) is 0 Å². The van der Waals surface area contributed by atoms with Gasteiger partial charge in [0.2, 0.25) is 11.8 Å². The van der Waals surface area contributed by atoms with Crippen molar-refractivity contribution in [3.63, 3.8) is 0 Å². The quantitative estimate of drug-likeness (QED) is 0.501. The minimum Gasteiger partial charge on any atom is -0.326 e. The van der Waals surface area contributed by atoms with E-state index in [2.05, 4.69) is 5.32 Å². The summed E-state index contributed by atoms with van der Waals surface area (Å²) in [6.07, 6.45) is -0.413. The first-order chi connectivity index (χ1) is 9.70. The van der Waals surface area contributed by atoms with Crippen LogP contribution in [0.1, 0.15) is 20.3 Å². The van der Waals surface area contributed by atoms with Crippen LogP contribution >= 0.6 is 0 Å². The van der Waals surface area contributed by atoms with Crippen LogP contribution in [-0.2, 0) is 24.4 Å². The summed E-state index contributed by atoms with van der Waals surface area (Å²) < 4.78 is 23.7. The molecular formula is C12H15N3O5S. The van der Waals surface area contributed by atoms with Crippen molar-refractivity contribution < 1.29 is 22.8 Å².